The fourth-order valence-corrected chi connectivity index (χ4v) is 1.61. The van der Waals surface area contributed by atoms with Crippen molar-refractivity contribution in [1.82, 2.24) is 0 Å². The van der Waals surface area contributed by atoms with E-state index in [1.54, 1.807) is 0 Å². The highest BCUT2D eigenvalue weighted by atomic mass is 32.3. The van der Waals surface area contributed by atoms with E-state index in [1.807, 2.05) is 0 Å². The van der Waals surface area contributed by atoms with Gasteiger partial charge in [-0.3, -0.25) is 9.11 Å². The molecule has 0 aromatic heterocycles. The molecule has 10 N–H and O–H groups in total. The summed E-state index contributed by atoms with van der Waals surface area (Å²) in [6.45, 7) is 0. The van der Waals surface area contributed by atoms with Crippen molar-refractivity contribution < 1.29 is 58.4 Å². The van der Waals surface area contributed by atoms with Gasteiger partial charge in [0.25, 0.3) is 0 Å². The third kappa shape index (κ3) is 15.7. The Kier molecular flexibility index (Phi) is 18.1. The fraction of sp³-hybridized carbons (Fsp3) is 1.00. The zero-order chi connectivity index (χ0) is 19.2. The molecular formula is C8H26O12P2S+2. The highest BCUT2D eigenvalue weighted by Gasteiger charge is 2.35. The van der Waals surface area contributed by atoms with Crippen LogP contribution < -0.4 is 0 Å². The SMILES string of the molecule is O=S(=O)(O)O.OC[P+](CO)(CO)CO.OC[P+](CO)(CO)CO. The molecule has 0 aliphatic rings. The minimum Gasteiger partial charge on any atom is -0.361 e. The molecule has 0 atom stereocenters. The molecule has 0 aromatic carbocycles. The van der Waals surface area contributed by atoms with E-state index in [4.69, 9.17) is 58.4 Å². The van der Waals surface area contributed by atoms with Crippen LogP contribution in [-0.4, -0.2) is 109 Å². The lowest BCUT2D eigenvalue weighted by atomic mass is 11.6. The molecule has 0 aliphatic heterocycles. The Balaban J connectivity index is -0.000000273. The summed E-state index contributed by atoms with van der Waals surface area (Å²) in [4.78, 5) is 0. The Morgan fingerprint density at radius 3 is 0.565 bits per heavy atom. The largest absolute Gasteiger partial charge is 0.394 e. The summed E-state index contributed by atoms with van der Waals surface area (Å²) in [5, 5.41) is 68.4. The van der Waals surface area contributed by atoms with E-state index in [0.717, 1.165) is 0 Å². The van der Waals surface area contributed by atoms with Crippen molar-refractivity contribution in [2.45, 2.75) is 0 Å². The van der Waals surface area contributed by atoms with Crippen LogP contribution in [0.15, 0.2) is 0 Å². The van der Waals surface area contributed by atoms with Crippen molar-refractivity contribution in [1.29, 1.82) is 0 Å². The van der Waals surface area contributed by atoms with Crippen molar-refractivity contribution >= 4 is 24.9 Å². The minimum atomic E-state index is -4.67. The number of aliphatic hydroxyl groups excluding tert-OH is 8. The molecule has 0 fully saturated rings. The first kappa shape index (κ1) is 28.2. The minimum absolute atomic E-state index is 0.295. The third-order valence-electron chi connectivity index (χ3n) is 2.40. The van der Waals surface area contributed by atoms with Gasteiger partial charge >= 0.3 is 10.4 Å². The van der Waals surface area contributed by atoms with Gasteiger partial charge in [0.1, 0.15) is 14.5 Å². The second-order valence-electron chi connectivity index (χ2n) is 4.26. The van der Waals surface area contributed by atoms with Gasteiger partial charge in [-0.05, 0) is 0 Å². The van der Waals surface area contributed by atoms with Gasteiger partial charge in [-0.1, -0.05) is 0 Å². The molecule has 0 spiro atoms. The molecule has 0 saturated heterocycles. The van der Waals surface area contributed by atoms with Gasteiger partial charge in [0.2, 0.25) is 0 Å². The molecule has 0 amide bonds. The van der Waals surface area contributed by atoms with E-state index in [-0.39, 0.29) is 50.8 Å². The van der Waals surface area contributed by atoms with Crippen molar-refractivity contribution in [3.8, 4) is 0 Å². The molecule has 23 heavy (non-hydrogen) atoms. The average Bonchev–Trinajstić information content (AvgIpc) is 2.52. The van der Waals surface area contributed by atoms with Gasteiger partial charge in [-0.25, -0.2) is 0 Å². The number of rotatable bonds is 8. The summed E-state index contributed by atoms with van der Waals surface area (Å²) in [5.41, 5.74) is 0. The summed E-state index contributed by atoms with van der Waals surface area (Å²) < 4.78 is 31.6. The molecule has 0 heterocycles. The molecule has 0 rings (SSSR count). The van der Waals surface area contributed by atoms with E-state index < -0.39 is 24.9 Å². The topological polar surface area (TPSA) is 236 Å². The van der Waals surface area contributed by atoms with Gasteiger partial charge < -0.3 is 40.9 Å². The average molecular weight is 408 g/mol. The lowest BCUT2D eigenvalue weighted by Gasteiger charge is -2.15. The fourth-order valence-electron chi connectivity index (χ4n) is 0.537. The van der Waals surface area contributed by atoms with Crippen molar-refractivity contribution in [3.63, 3.8) is 0 Å². The zero-order valence-corrected chi connectivity index (χ0v) is 14.9. The lowest BCUT2D eigenvalue weighted by molar-refractivity contribution is 0.287. The van der Waals surface area contributed by atoms with Crippen LogP contribution in [0.1, 0.15) is 0 Å². The normalized spacial score (nSPS) is 11.9. The van der Waals surface area contributed by atoms with Gasteiger partial charge in [0.15, 0.2) is 50.8 Å². The summed E-state index contributed by atoms with van der Waals surface area (Å²) >= 11 is 0. The summed E-state index contributed by atoms with van der Waals surface area (Å²) in [6.07, 6.45) is -2.36. The van der Waals surface area contributed by atoms with Gasteiger partial charge in [0.05, 0.1) is 0 Å². The third-order valence-corrected chi connectivity index (χ3v) is 7.20. The number of hydrogen-bond donors (Lipinski definition) is 10. The Morgan fingerprint density at radius 2 is 0.565 bits per heavy atom. The predicted molar refractivity (Wildman–Crippen MR) is 84.7 cm³/mol. The molecule has 12 nitrogen and oxygen atoms in total. The van der Waals surface area contributed by atoms with E-state index in [1.165, 1.54) is 0 Å². The molecule has 0 aliphatic carbocycles. The van der Waals surface area contributed by atoms with Gasteiger partial charge in [-0.2, -0.15) is 8.42 Å². The molecular weight excluding hydrogens is 382 g/mol. The molecule has 0 unspecified atom stereocenters. The van der Waals surface area contributed by atoms with Crippen LogP contribution in [0.3, 0.4) is 0 Å². The van der Waals surface area contributed by atoms with Crippen LogP contribution in [0.4, 0.5) is 0 Å². The zero-order valence-electron chi connectivity index (χ0n) is 12.2. The van der Waals surface area contributed by atoms with Crippen molar-refractivity contribution in [2.75, 3.05) is 50.8 Å². The van der Waals surface area contributed by atoms with Gasteiger partial charge in [0, 0.05) is 0 Å². The maximum absolute atomic E-state index is 8.74. The molecule has 0 bridgehead atoms. The maximum atomic E-state index is 8.74. The first-order chi connectivity index (χ1) is 10.5. The Hall–Kier alpha value is 0.410. The van der Waals surface area contributed by atoms with E-state index >= 15 is 0 Å². The first-order valence-electron chi connectivity index (χ1n) is 5.76. The first-order valence-corrected chi connectivity index (χ1v) is 12.2. The van der Waals surface area contributed by atoms with Crippen molar-refractivity contribution in [3.05, 3.63) is 0 Å². The lowest BCUT2D eigenvalue weighted by Crippen LogP contribution is -2.10. The summed E-state index contributed by atoms with van der Waals surface area (Å²) in [7, 11) is -9.06. The molecule has 15 heteroatoms. The van der Waals surface area contributed by atoms with Crippen LogP contribution in [0, 0.1) is 0 Å². The van der Waals surface area contributed by atoms with Crippen LogP contribution in [0.25, 0.3) is 0 Å². The van der Waals surface area contributed by atoms with Gasteiger partial charge in [-0.15, -0.1) is 0 Å². The summed E-state index contributed by atoms with van der Waals surface area (Å²) in [5.74, 6) is 0. The molecule has 0 saturated carbocycles. The number of aliphatic hydroxyl groups is 8. The Morgan fingerprint density at radius 1 is 0.478 bits per heavy atom. The van der Waals surface area contributed by atoms with E-state index in [0.29, 0.717) is 0 Å². The van der Waals surface area contributed by atoms with E-state index in [2.05, 4.69) is 0 Å². The van der Waals surface area contributed by atoms with Crippen LogP contribution >= 0.6 is 14.5 Å². The molecule has 0 aromatic rings. The van der Waals surface area contributed by atoms with Crippen molar-refractivity contribution in [2.24, 2.45) is 0 Å². The molecule has 0 radical (unpaired) electrons. The Labute approximate surface area is 134 Å². The predicted octanol–water partition coefficient (Wildman–Crippen LogP) is -3.05. The highest BCUT2D eigenvalue weighted by Crippen LogP contribution is 2.55. The van der Waals surface area contributed by atoms with Crippen LogP contribution in [-0.2, 0) is 10.4 Å². The van der Waals surface area contributed by atoms with E-state index in [9.17, 15) is 0 Å². The highest BCUT2D eigenvalue weighted by molar-refractivity contribution is 7.79. The second kappa shape index (κ2) is 14.7. The summed E-state index contributed by atoms with van der Waals surface area (Å²) in [6, 6.07) is 0. The van der Waals surface area contributed by atoms with Crippen LogP contribution in [0.5, 0.6) is 0 Å². The number of hydrogen-bond acceptors (Lipinski definition) is 10. The quantitative estimate of drug-likeness (QED) is 0.142. The standard InChI is InChI=1S/2C4H12O4P.H2O4S/c2*5-1-9(2-6,3-7)4-8;1-5(2,3)4/h2*5-8H,1-4H2;(H2,1,2,3,4)/q2*+1;. The monoisotopic (exact) mass is 408 g/mol. The smallest absolute Gasteiger partial charge is 0.361 e. The molecule has 144 valence electrons. The van der Waals surface area contributed by atoms with Crippen LogP contribution in [0.2, 0.25) is 0 Å². The maximum Gasteiger partial charge on any atom is 0.394 e. The second-order valence-corrected chi connectivity index (χ2v) is 12.8. The Bertz CT molecular complexity index is 293.